The van der Waals surface area contributed by atoms with Crippen molar-refractivity contribution >= 4 is 22.9 Å². The van der Waals surface area contributed by atoms with Crippen LogP contribution in [0.1, 0.15) is 24.4 Å². The molecule has 5 heteroatoms. The molecular formula is C15H18N2O2S. The van der Waals surface area contributed by atoms with E-state index >= 15 is 0 Å². The standard InChI is InChI=1S/C15H18N2O2S/c1-10(2)19-13-7-5-4-6-12(13)17-15(18)8-14-11(3)16-9-20-14/h4-7,9-10H,8H2,1-3H3,(H,17,18). The molecule has 4 nitrogen and oxygen atoms in total. The molecule has 0 spiro atoms. The number of anilines is 1. The van der Waals surface area contributed by atoms with Gasteiger partial charge in [0.15, 0.2) is 0 Å². The van der Waals surface area contributed by atoms with Gasteiger partial charge in [-0.15, -0.1) is 11.3 Å². The van der Waals surface area contributed by atoms with Crippen LogP contribution in [0.15, 0.2) is 29.8 Å². The van der Waals surface area contributed by atoms with Crippen LogP contribution >= 0.6 is 11.3 Å². The van der Waals surface area contributed by atoms with Crippen molar-refractivity contribution in [2.24, 2.45) is 0 Å². The Labute approximate surface area is 122 Å². The zero-order chi connectivity index (χ0) is 14.5. The molecule has 1 aromatic heterocycles. The fourth-order valence-electron chi connectivity index (χ4n) is 1.76. The van der Waals surface area contributed by atoms with E-state index in [1.807, 2.05) is 45.0 Å². The highest BCUT2D eigenvalue weighted by Crippen LogP contribution is 2.25. The molecule has 0 radical (unpaired) electrons. The molecule has 0 saturated heterocycles. The molecule has 1 N–H and O–H groups in total. The van der Waals surface area contributed by atoms with Crippen LogP contribution in [0.3, 0.4) is 0 Å². The van der Waals surface area contributed by atoms with Crippen molar-refractivity contribution in [3.8, 4) is 5.75 Å². The first kappa shape index (κ1) is 14.5. The van der Waals surface area contributed by atoms with Gasteiger partial charge in [-0.3, -0.25) is 4.79 Å². The molecule has 0 saturated carbocycles. The molecule has 1 amide bonds. The second-order valence-electron chi connectivity index (χ2n) is 4.75. The lowest BCUT2D eigenvalue weighted by atomic mass is 10.2. The number of aromatic nitrogens is 1. The van der Waals surface area contributed by atoms with Gasteiger partial charge in [-0.05, 0) is 32.9 Å². The molecule has 0 fully saturated rings. The Morgan fingerprint density at radius 2 is 2.15 bits per heavy atom. The average molecular weight is 290 g/mol. The van der Waals surface area contributed by atoms with Gasteiger partial charge in [0.25, 0.3) is 0 Å². The topological polar surface area (TPSA) is 51.2 Å². The van der Waals surface area contributed by atoms with E-state index in [0.717, 1.165) is 10.6 Å². The zero-order valence-electron chi connectivity index (χ0n) is 11.8. The van der Waals surface area contributed by atoms with Crippen LogP contribution in [0.5, 0.6) is 5.75 Å². The van der Waals surface area contributed by atoms with Gasteiger partial charge in [-0.1, -0.05) is 12.1 Å². The third-order valence-corrected chi connectivity index (χ3v) is 3.62. The highest BCUT2D eigenvalue weighted by Gasteiger charge is 2.11. The number of nitrogens with zero attached hydrogens (tertiary/aromatic N) is 1. The number of amides is 1. The first-order valence-corrected chi connectivity index (χ1v) is 7.38. The summed E-state index contributed by atoms with van der Waals surface area (Å²) in [6.45, 7) is 5.83. The summed E-state index contributed by atoms with van der Waals surface area (Å²) < 4.78 is 5.68. The van der Waals surface area contributed by atoms with E-state index in [0.29, 0.717) is 17.9 Å². The number of hydrogen-bond donors (Lipinski definition) is 1. The molecule has 1 heterocycles. The number of hydrogen-bond acceptors (Lipinski definition) is 4. The van der Waals surface area contributed by atoms with E-state index in [9.17, 15) is 4.79 Å². The number of ether oxygens (including phenoxy) is 1. The minimum atomic E-state index is -0.0582. The van der Waals surface area contributed by atoms with Crippen molar-refractivity contribution in [3.05, 3.63) is 40.3 Å². The molecule has 106 valence electrons. The van der Waals surface area contributed by atoms with Crippen LogP contribution in [0.25, 0.3) is 0 Å². The summed E-state index contributed by atoms with van der Waals surface area (Å²) in [6.07, 6.45) is 0.406. The molecule has 0 unspecified atom stereocenters. The van der Waals surface area contributed by atoms with Gasteiger partial charge in [0.2, 0.25) is 5.91 Å². The monoisotopic (exact) mass is 290 g/mol. The summed E-state index contributed by atoms with van der Waals surface area (Å²) in [7, 11) is 0. The Morgan fingerprint density at radius 3 is 2.80 bits per heavy atom. The number of benzene rings is 1. The zero-order valence-corrected chi connectivity index (χ0v) is 12.7. The number of carbonyl (C=O) groups is 1. The van der Waals surface area contributed by atoms with Gasteiger partial charge in [-0.25, -0.2) is 4.98 Å². The van der Waals surface area contributed by atoms with Crippen LogP contribution in [-0.4, -0.2) is 17.0 Å². The third-order valence-electron chi connectivity index (χ3n) is 2.69. The summed E-state index contributed by atoms with van der Waals surface area (Å²) in [4.78, 5) is 17.2. The largest absolute Gasteiger partial charge is 0.489 e. The molecule has 2 rings (SSSR count). The molecule has 0 aliphatic heterocycles. The number of thiazole rings is 1. The quantitative estimate of drug-likeness (QED) is 0.918. The maximum atomic E-state index is 12.1. The molecule has 2 aromatic rings. The van der Waals surface area contributed by atoms with Crippen molar-refractivity contribution in [2.45, 2.75) is 33.3 Å². The lowest BCUT2D eigenvalue weighted by Gasteiger charge is -2.14. The molecule has 0 bridgehead atoms. The summed E-state index contributed by atoms with van der Waals surface area (Å²) >= 11 is 1.50. The van der Waals surface area contributed by atoms with E-state index in [1.54, 1.807) is 5.51 Å². The first-order chi connectivity index (χ1) is 9.56. The number of nitrogens with one attached hydrogen (secondary N) is 1. The van der Waals surface area contributed by atoms with Gasteiger partial charge >= 0.3 is 0 Å². The normalized spacial score (nSPS) is 10.6. The smallest absolute Gasteiger partial charge is 0.229 e. The number of aryl methyl sites for hydroxylation is 1. The van der Waals surface area contributed by atoms with E-state index in [4.69, 9.17) is 4.74 Å². The average Bonchev–Trinajstić information content (AvgIpc) is 2.77. The van der Waals surface area contributed by atoms with Gasteiger partial charge in [-0.2, -0.15) is 0 Å². The second-order valence-corrected chi connectivity index (χ2v) is 5.69. The molecule has 1 aromatic carbocycles. The Balaban J connectivity index is 2.06. The fourth-order valence-corrected chi connectivity index (χ4v) is 2.54. The van der Waals surface area contributed by atoms with Crippen LogP contribution < -0.4 is 10.1 Å². The highest BCUT2D eigenvalue weighted by molar-refractivity contribution is 7.09. The van der Waals surface area contributed by atoms with E-state index in [2.05, 4.69) is 10.3 Å². The Kier molecular flexibility index (Phi) is 4.74. The van der Waals surface area contributed by atoms with Gasteiger partial charge in [0, 0.05) is 4.88 Å². The first-order valence-electron chi connectivity index (χ1n) is 6.50. The van der Waals surface area contributed by atoms with Crippen molar-refractivity contribution in [2.75, 3.05) is 5.32 Å². The Bertz CT molecular complexity index is 593. The minimum absolute atomic E-state index is 0.0582. The molecule has 0 aliphatic rings. The molecule has 0 aliphatic carbocycles. The maximum absolute atomic E-state index is 12.1. The predicted octanol–water partition coefficient (Wildman–Crippen LogP) is 3.42. The van der Waals surface area contributed by atoms with E-state index in [-0.39, 0.29) is 12.0 Å². The van der Waals surface area contributed by atoms with Crippen molar-refractivity contribution in [3.63, 3.8) is 0 Å². The lowest BCUT2D eigenvalue weighted by molar-refractivity contribution is -0.115. The van der Waals surface area contributed by atoms with Crippen molar-refractivity contribution < 1.29 is 9.53 Å². The Hall–Kier alpha value is -1.88. The summed E-state index contributed by atoms with van der Waals surface area (Å²) in [5, 5.41) is 2.90. The fraction of sp³-hybridized carbons (Fsp3) is 0.333. The van der Waals surface area contributed by atoms with E-state index in [1.165, 1.54) is 11.3 Å². The summed E-state index contributed by atoms with van der Waals surface area (Å²) in [5.41, 5.74) is 3.37. The van der Waals surface area contributed by atoms with Gasteiger partial charge in [0.1, 0.15) is 5.75 Å². The van der Waals surface area contributed by atoms with E-state index < -0.39 is 0 Å². The molecule has 0 atom stereocenters. The van der Waals surface area contributed by atoms with Crippen LogP contribution in [0.2, 0.25) is 0 Å². The SMILES string of the molecule is Cc1ncsc1CC(=O)Nc1ccccc1OC(C)C. The lowest BCUT2D eigenvalue weighted by Crippen LogP contribution is -2.16. The molecular weight excluding hydrogens is 272 g/mol. The van der Waals surface area contributed by atoms with Crippen molar-refractivity contribution in [1.29, 1.82) is 0 Å². The highest BCUT2D eigenvalue weighted by atomic mass is 32.1. The summed E-state index contributed by atoms with van der Waals surface area (Å²) in [6, 6.07) is 7.46. The number of rotatable bonds is 5. The number of carbonyl (C=O) groups excluding carboxylic acids is 1. The van der Waals surface area contributed by atoms with Crippen LogP contribution in [0.4, 0.5) is 5.69 Å². The van der Waals surface area contributed by atoms with Crippen LogP contribution in [0, 0.1) is 6.92 Å². The predicted molar refractivity (Wildman–Crippen MR) is 81.4 cm³/mol. The molecule has 20 heavy (non-hydrogen) atoms. The third kappa shape index (κ3) is 3.81. The second kappa shape index (κ2) is 6.52. The summed E-state index contributed by atoms with van der Waals surface area (Å²) in [5.74, 6) is 0.633. The Morgan fingerprint density at radius 1 is 1.40 bits per heavy atom. The van der Waals surface area contributed by atoms with Crippen molar-refractivity contribution in [1.82, 2.24) is 4.98 Å². The number of para-hydroxylation sites is 2. The maximum Gasteiger partial charge on any atom is 0.229 e. The minimum Gasteiger partial charge on any atom is -0.489 e. The van der Waals surface area contributed by atoms with Gasteiger partial charge in [0.05, 0.1) is 29.4 Å². The van der Waals surface area contributed by atoms with Crippen LogP contribution in [-0.2, 0) is 11.2 Å². The van der Waals surface area contributed by atoms with Gasteiger partial charge < -0.3 is 10.1 Å².